The molecular formula is C17H21N3O5. The second kappa shape index (κ2) is 6.92. The zero-order chi connectivity index (χ0) is 18.8. The Kier molecular flexibility index (Phi) is 5.10. The van der Waals surface area contributed by atoms with Crippen molar-refractivity contribution in [2.75, 3.05) is 11.9 Å². The largest absolute Gasteiger partial charge is 0.459 e. The third-order valence-electron chi connectivity index (χ3n) is 3.36. The van der Waals surface area contributed by atoms with Gasteiger partial charge in [-0.3, -0.25) is 14.9 Å². The van der Waals surface area contributed by atoms with Crippen molar-refractivity contribution in [3.8, 4) is 11.1 Å². The van der Waals surface area contributed by atoms with Crippen LogP contribution in [0.15, 0.2) is 22.7 Å². The molecule has 0 radical (unpaired) electrons. The van der Waals surface area contributed by atoms with Gasteiger partial charge in [0.15, 0.2) is 0 Å². The van der Waals surface area contributed by atoms with Gasteiger partial charge in [0.2, 0.25) is 0 Å². The first-order chi connectivity index (χ1) is 11.6. The third kappa shape index (κ3) is 4.56. The van der Waals surface area contributed by atoms with E-state index in [4.69, 9.17) is 9.26 Å². The number of hydrogen-bond donors (Lipinski definition) is 1. The van der Waals surface area contributed by atoms with Crippen LogP contribution in [0.5, 0.6) is 0 Å². The molecule has 0 amide bonds. The normalized spacial score (nSPS) is 11.2. The number of nitro benzene ring substituents is 1. The molecule has 0 bridgehead atoms. The van der Waals surface area contributed by atoms with Gasteiger partial charge in [-0.1, -0.05) is 11.2 Å². The monoisotopic (exact) mass is 347 g/mol. The molecule has 1 aromatic heterocycles. The standard InChI is InChI=1S/C17H21N3O5/c1-10-16(11(2)25-19-10)12-6-7-13(14(8-12)20(22)23)18-9-15(21)24-17(3,4)5/h6-8,18H,9H2,1-5H3. The van der Waals surface area contributed by atoms with Crippen LogP contribution in [0.2, 0.25) is 0 Å². The Morgan fingerprint density at radius 3 is 2.56 bits per heavy atom. The van der Waals surface area contributed by atoms with Crippen molar-refractivity contribution in [1.82, 2.24) is 5.16 Å². The molecule has 0 aliphatic heterocycles. The van der Waals surface area contributed by atoms with E-state index in [1.54, 1.807) is 46.8 Å². The van der Waals surface area contributed by atoms with Crippen molar-refractivity contribution in [3.05, 3.63) is 39.8 Å². The van der Waals surface area contributed by atoms with Crippen molar-refractivity contribution < 1.29 is 19.0 Å². The van der Waals surface area contributed by atoms with E-state index in [1.807, 2.05) is 0 Å². The van der Waals surface area contributed by atoms with Crippen LogP contribution in [0.1, 0.15) is 32.2 Å². The van der Waals surface area contributed by atoms with E-state index in [9.17, 15) is 14.9 Å². The highest BCUT2D eigenvalue weighted by Crippen LogP contribution is 2.33. The fourth-order valence-corrected chi connectivity index (χ4v) is 2.43. The molecule has 0 saturated heterocycles. The number of carbonyl (C=O) groups is 1. The minimum atomic E-state index is -0.613. The number of anilines is 1. The fourth-order valence-electron chi connectivity index (χ4n) is 2.43. The van der Waals surface area contributed by atoms with E-state index in [0.717, 1.165) is 5.56 Å². The first kappa shape index (κ1) is 18.4. The summed E-state index contributed by atoms with van der Waals surface area (Å²) in [5.41, 5.74) is 1.50. The second-order valence-corrected chi connectivity index (χ2v) is 6.63. The molecular weight excluding hydrogens is 326 g/mol. The number of aromatic nitrogens is 1. The summed E-state index contributed by atoms with van der Waals surface area (Å²) in [5.74, 6) is 0.0952. The molecule has 8 nitrogen and oxygen atoms in total. The molecule has 2 rings (SSSR count). The minimum absolute atomic E-state index is 0.138. The van der Waals surface area contributed by atoms with Crippen LogP contribution < -0.4 is 5.32 Å². The zero-order valence-corrected chi connectivity index (χ0v) is 14.9. The highest BCUT2D eigenvalue weighted by atomic mass is 16.6. The number of hydrogen-bond acceptors (Lipinski definition) is 7. The topological polar surface area (TPSA) is 108 Å². The average molecular weight is 347 g/mol. The van der Waals surface area contributed by atoms with Crippen LogP contribution in [-0.4, -0.2) is 28.2 Å². The molecule has 25 heavy (non-hydrogen) atoms. The molecule has 8 heteroatoms. The number of nitrogens with one attached hydrogen (secondary N) is 1. The van der Waals surface area contributed by atoms with Crippen LogP contribution in [0, 0.1) is 24.0 Å². The molecule has 1 N–H and O–H groups in total. The summed E-state index contributed by atoms with van der Waals surface area (Å²) in [7, 11) is 0. The van der Waals surface area contributed by atoms with E-state index in [1.165, 1.54) is 6.07 Å². The van der Waals surface area contributed by atoms with E-state index >= 15 is 0 Å². The molecule has 0 fully saturated rings. The predicted octanol–water partition coefficient (Wildman–Crippen LogP) is 3.62. The van der Waals surface area contributed by atoms with Gasteiger partial charge in [-0.15, -0.1) is 0 Å². The minimum Gasteiger partial charge on any atom is -0.459 e. The molecule has 0 aliphatic rings. The number of nitrogens with zero attached hydrogens (tertiary/aromatic N) is 2. The van der Waals surface area contributed by atoms with Gasteiger partial charge in [-0.25, -0.2) is 0 Å². The first-order valence-corrected chi connectivity index (χ1v) is 7.76. The summed E-state index contributed by atoms with van der Waals surface area (Å²) in [6, 6.07) is 4.71. The highest BCUT2D eigenvalue weighted by molar-refractivity contribution is 5.79. The number of rotatable bonds is 5. The maximum atomic E-state index is 11.8. The predicted molar refractivity (Wildman–Crippen MR) is 92.4 cm³/mol. The number of benzene rings is 1. The Labute approximate surface area is 145 Å². The average Bonchev–Trinajstić information content (AvgIpc) is 2.82. The summed E-state index contributed by atoms with van der Waals surface area (Å²) in [6.07, 6.45) is 0. The number of esters is 1. The van der Waals surface area contributed by atoms with Crippen molar-refractivity contribution in [2.45, 2.75) is 40.2 Å². The Morgan fingerprint density at radius 2 is 2.04 bits per heavy atom. The van der Waals surface area contributed by atoms with Gasteiger partial charge >= 0.3 is 5.97 Å². The van der Waals surface area contributed by atoms with Crippen molar-refractivity contribution in [3.63, 3.8) is 0 Å². The molecule has 2 aromatic rings. The molecule has 0 atom stereocenters. The quantitative estimate of drug-likeness (QED) is 0.500. The Bertz CT molecular complexity index is 786. The van der Waals surface area contributed by atoms with Crippen LogP contribution >= 0.6 is 0 Å². The first-order valence-electron chi connectivity index (χ1n) is 7.76. The van der Waals surface area contributed by atoms with Crippen molar-refractivity contribution in [2.24, 2.45) is 0 Å². The van der Waals surface area contributed by atoms with E-state index in [2.05, 4.69) is 10.5 Å². The lowest BCUT2D eigenvalue weighted by Crippen LogP contribution is -2.28. The molecule has 0 saturated carbocycles. The zero-order valence-electron chi connectivity index (χ0n) is 14.9. The molecule has 0 spiro atoms. The van der Waals surface area contributed by atoms with Gasteiger partial charge in [-0.2, -0.15) is 0 Å². The molecule has 134 valence electrons. The summed E-state index contributed by atoms with van der Waals surface area (Å²) in [5, 5.41) is 18.0. The second-order valence-electron chi connectivity index (χ2n) is 6.63. The molecule has 0 unspecified atom stereocenters. The van der Waals surface area contributed by atoms with Crippen LogP contribution in [0.4, 0.5) is 11.4 Å². The maximum Gasteiger partial charge on any atom is 0.325 e. The smallest absolute Gasteiger partial charge is 0.325 e. The number of carbonyl (C=O) groups excluding carboxylic acids is 1. The van der Waals surface area contributed by atoms with E-state index < -0.39 is 16.5 Å². The Balaban J connectivity index is 2.26. The summed E-state index contributed by atoms with van der Waals surface area (Å²) in [4.78, 5) is 22.7. The molecule has 1 heterocycles. The lowest BCUT2D eigenvalue weighted by atomic mass is 10.0. The number of aryl methyl sites for hydroxylation is 2. The summed E-state index contributed by atoms with van der Waals surface area (Å²) < 4.78 is 10.3. The van der Waals surface area contributed by atoms with Gasteiger partial charge in [0.1, 0.15) is 23.6 Å². The summed E-state index contributed by atoms with van der Waals surface area (Å²) >= 11 is 0. The van der Waals surface area contributed by atoms with Crippen molar-refractivity contribution in [1.29, 1.82) is 0 Å². The van der Waals surface area contributed by atoms with Gasteiger partial charge in [0, 0.05) is 11.6 Å². The lowest BCUT2D eigenvalue weighted by Gasteiger charge is -2.19. The van der Waals surface area contributed by atoms with Gasteiger partial charge in [-0.05, 0) is 46.2 Å². The molecule has 0 aliphatic carbocycles. The van der Waals surface area contributed by atoms with Crippen LogP contribution in [-0.2, 0) is 9.53 Å². The number of ether oxygens (including phenoxy) is 1. The van der Waals surface area contributed by atoms with Gasteiger partial charge in [0.05, 0.1) is 10.6 Å². The number of nitro groups is 1. The Morgan fingerprint density at radius 1 is 1.36 bits per heavy atom. The van der Waals surface area contributed by atoms with Crippen LogP contribution in [0.3, 0.4) is 0 Å². The van der Waals surface area contributed by atoms with Crippen molar-refractivity contribution >= 4 is 17.3 Å². The van der Waals surface area contributed by atoms with Gasteiger partial charge < -0.3 is 14.6 Å². The van der Waals surface area contributed by atoms with E-state index in [-0.39, 0.29) is 17.9 Å². The lowest BCUT2D eigenvalue weighted by molar-refractivity contribution is -0.383. The SMILES string of the molecule is Cc1noc(C)c1-c1ccc(NCC(=O)OC(C)(C)C)c([N+](=O)[O-])c1. The van der Waals surface area contributed by atoms with E-state index in [0.29, 0.717) is 17.0 Å². The highest BCUT2D eigenvalue weighted by Gasteiger charge is 2.21. The molecule has 1 aromatic carbocycles. The Hall–Kier alpha value is -2.90. The van der Waals surface area contributed by atoms with Gasteiger partial charge in [0.25, 0.3) is 5.69 Å². The third-order valence-corrected chi connectivity index (χ3v) is 3.36. The van der Waals surface area contributed by atoms with Crippen LogP contribution in [0.25, 0.3) is 11.1 Å². The maximum absolute atomic E-state index is 11.8. The summed E-state index contributed by atoms with van der Waals surface area (Å²) in [6.45, 7) is 8.62. The fraction of sp³-hybridized carbons (Fsp3) is 0.412.